The highest BCUT2D eigenvalue weighted by molar-refractivity contribution is 5.96. The zero-order valence-electron chi connectivity index (χ0n) is 15.9. The number of alkyl halides is 3. The maximum Gasteiger partial charge on any atom is 0.393 e. The predicted octanol–water partition coefficient (Wildman–Crippen LogP) is 3.92. The summed E-state index contributed by atoms with van der Waals surface area (Å²) >= 11 is 0. The lowest BCUT2D eigenvalue weighted by Gasteiger charge is -2.33. The smallest absolute Gasteiger partial charge is 0.393 e. The SMILES string of the molecule is NC(=O)c1c(F)cccc1OCc1ccc(C(=O)N2CCCC(C(F)(F)F)C2)cc1. The Morgan fingerprint density at radius 1 is 1.13 bits per heavy atom. The van der Waals surface area contributed by atoms with Gasteiger partial charge in [0.15, 0.2) is 0 Å². The van der Waals surface area contributed by atoms with E-state index in [-0.39, 0.29) is 43.0 Å². The van der Waals surface area contributed by atoms with Gasteiger partial charge in [-0.25, -0.2) is 4.39 Å². The molecule has 1 unspecified atom stereocenters. The standard InChI is InChI=1S/C21H20F4N2O3/c22-16-4-1-5-17(18(16)19(26)28)30-12-13-6-8-14(9-7-13)20(29)27-10-2-3-15(11-27)21(23,24)25/h1,4-9,15H,2-3,10-12H2,(H2,26,28). The summed E-state index contributed by atoms with van der Waals surface area (Å²) in [6.07, 6.45) is -3.99. The third kappa shape index (κ3) is 4.90. The fraction of sp³-hybridized carbons (Fsp3) is 0.333. The molecule has 0 aromatic heterocycles. The lowest BCUT2D eigenvalue weighted by atomic mass is 9.97. The molecule has 0 spiro atoms. The fourth-order valence-corrected chi connectivity index (χ4v) is 3.38. The zero-order valence-corrected chi connectivity index (χ0v) is 15.9. The van der Waals surface area contributed by atoms with Crippen molar-refractivity contribution >= 4 is 11.8 Å². The summed E-state index contributed by atoms with van der Waals surface area (Å²) in [6.45, 7) is -0.0769. The van der Waals surface area contributed by atoms with Crippen molar-refractivity contribution in [2.24, 2.45) is 11.7 Å². The van der Waals surface area contributed by atoms with Gasteiger partial charge < -0.3 is 15.4 Å². The maximum atomic E-state index is 13.8. The second kappa shape index (κ2) is 8.73. The van der Waals surface area contributed by atoms with Crippen LogP contribution < -0.4 is 10.5 Å². The number of carbonyl (C=O) groups is 2. The van der Waals surface area contributed by atoms with Crippen molar-refractivity contribution in [2.75, 3.05) is 13.1 Å². The van der Waals surface area contributed by atoms with Crippen LogP contribution in [0.3, 0.4) is 0 Å². The molecule has 160 valence electrons. The summed E-state index contributed by atoms with van der Waals surface area (Å²) in [7, 11) is 0. The highest BCUT2D eigenvalue weighted by Gasteiger charge is 2.42. The molecular formula is C21H20F4N2O3. The zero-order chi connectivity index (χ0) is 21.9. The third-order valence-corrected chi connectivity index (χ3v) is 4.99. The molecule has 30 heavy (non-hydrogen) atoms. The first-order valence-electron chi connectivity index (χ1n) is 9.33. The van der Waals surface area contributed by atoms with E-state index < -0.39 is 29.7 Å². The van der Waals surface area contributed by atoms with E-state index in [4.69, 9.17) is 10.5 Å². The van der Waals surface area contributed by atoms with E-state index in [9.17, 15) is 27.2 Å². The Morgan fingerprint density at radius 2 is 1.83 bits per heavy atom. The number of benzene rings is 2. The molecule has 2 amide bonds. The van der Waals surface area contributed by atoms with Gasteiger partial charge in [0, 0.05) is 18.7 Å². The second-order valence-electron chi connectivity index (χ2n) is 7.09. The van der Waals surface area contributed by atoms with Crippen molar-refractivity contribution in [1.29, 1.82) is 0 Å². The molecule has 1 saturated heterocycles. The number of hydrogen-bond acceptors (Lipinski definition) is 3. The number of likely N-dealkylation sites (tertiary alicyclic amines) is 1. The predicted molar refractivity (Wildman–Crippen MR) is 100 cm³/mol. The molecule has 1 aliphatic heterocycles. The Balaban J connectivity index is 1.65. The number of piperidine rings is 1. The van der Waals surface area contributed by atoms with Crippen molar-refractivity contribution in [3.05, 3.63) is 65.0 Å². The summed E-state index contributed by atoms with van der Waals surface area (Å²) < 4.78 is 58.1. The summed E-state index contributed by atoms with van der Waals surface area (Å²) in [5.41, 5.74) is 5.71. The summed E-state index contributed by atoms with van der Waals surface area (Å²) in [5.74, 6) is -3.72. The number of ether oxygens (including phenoxy) is 1. The van der Waals surface area contributed by atoms with Gasteiger partial charge in [-0.05, 0) is 42.7 Å². The quantitative estimate of drug-likeness (QED) is 0.740. The normalized spacial score (nSPS) is 16.9. The molecule has 2 N–H and O–H groups in total. The number of hydrogen-bond donors (Lipinski definition) is 1. The number of carbonyl (C=O) groups excluding carboxylic acids is 2. The van der Waals surface area contributed by atoms with Crippen LogP contribution in [0.15, 0.2) is 42.5 Å². The van der Waals surface area contributed by atoms with Gasteiger partial charge in [0.25, 0.3) is 11.8 Å². The van der Waals surface area contributed by atoms with Crippen molar-refractivity contribution in [3.63, 3.8) is 0 Å². The largest absolute Gasteiger partial charge is 0.488 e. The van der Waals surface area contributed by atoms with E-state index in [2.05, 4.69) is 0 Å². The number of halogens is 4. The van der Waals surface area contributed by atoms with E-state index >= 15 is 0 Å². The molecule has 0 aliphatic carbocycles. The molecule has 0 bridgehead atoms. The van der Waals surface area contributed by atoms with Gasteiger partial charge in [0.1, 0.15) is 23.7 Å². The van der Waals surface area contributed by atoms with Crippen LogP contribution in [0.1, 0.15) is 39.1 Å². The Hall–Kier alpha value is -3.10. The van der Waals surface area contributed by atoms with Crippen molar-refractivity contribution in [1.82, 2.24) is 4.90 Å². The molecule has 1 atom stereocenters. The van der Waals surface area contributed by atoms with Gasteiger partial charge >= 0.3 is 6.18 Å². The van der Waals surface area contributed by atoms with Crippen LogP contribution in [0.2, 0.25) is 0 Å². The number of nitrogens with zero attached hydrogens (tertiary/aromatic N) is 1. The molecule has 0 saturated carbocycles. The Kier molecular flexibility index (Phi) is 6.28. The monoisotopic (exact) mass is 424 g/mol. The second-order valence-corrected chi connectivity index (χ2v) is 7.09. The summed E-state index contributed by atoms with van der Waals surface area (Å²) in [6, 6.07) is 10.1. The van der Waals surface area contributed by atoms with Crippen molar-refractivity contribution < 1.29 is 31.9 Å². The molecular weight excluding hydrogens is 404 g/mol. The fourth-order valence-electron chi connectivity index (χ4n) is 3.38. The van der Waals surface area contributed by atoms with E-state index in [1.54, 1.807) is 12.1 Å². The van der Waals surface area contributed by atoms with Gasteiger partial charge in [0.2, 0.25) is 0 Å². The molecule has 0 radical (unpaired) electrons. The van der Waals surface area contributed by atoms with Crippen LogP contribution in [0.25, 0.3) is 0 Å². The van der Waals surface area contributed by atoms with Gasteiger partial charge in [-0.1, -0.05) is 18.2 Å². The topological polar surface area (TPSA) is 72.6 Å². The molecule has 2 aromatic rings. The highest BCUT2D eigenvalue weighted by Crippen LogP contribution is 2.33. The van der Waals surface area contributed by atoms with Gasteiger partial charge in [0.05, 0.1) is 5.92 Å². The first-order chi connectivity index (χ1) is 14.2. The van der Waals surface area contributed by atoms with Crippen LogP contribution in [-0.4, -0.2) is 36.0 Å². The van der Waals surface area contributed by atoms with E-state index in [1.807, 2.05) is 0 Å². The number of primary amides is 1. The van der Waals surface area contributed by atoms with Crippen LogP contribution in [0.5, 0.6) is 5.75 Å². The minimum atomic E-state index is -4.32. The first-order valence-corrected chi connectivity index (χ1v) is 9.33. The Labute approximate surface area is 170 Å². The molecule has 1 aliphatic rings. The van der Waals surface area contributed by atoms with E-state index in [0.717, 1.165) is 6.07 Å². The molecule has 1 fully saturated rings. The van der Waals surface area contributed by atoms with Crippen LogP contribution >= 0.6 is 0 Å². The maximum absolute atomic E-state index is 13.8. The van der Waals surface area contributed by atoms with Crippen LogP contribution in [0.4, 0.5) is 17.6 Å². The minimum absolute atomic E-state index is 0.00541. The number of amides is 2. The first kappa shape index (κ1) is 21.6. The molecule has 2 aromatic carbocycles. The van der Waals surface area contributed by atoms with Crippen LogP contribution in [0, 0.1) is 11.7 Å². The van der Waals surface area contributed by atoms with Crippen LogP contribution in [-0.2, 0) is 6.61 Å². The number of rotatable bonds is 5. The molecule has 9 heteroatoms. The third-order valence-electron chi connectivity index (χ3n) is 4.99. The minimum Gasteiger partial charge on any atom is -0.488 e. The van der Waals surface area contributed by atoms with E-state index in [1.165, 1.54) is 29.2 Å². The number of nitrogens with two attached hydrogens (primary N) is 1. The average molecular weight is 424 g/mol. The Bertz CT molecular complexity index is 929. The van der Waals surface area contributed by atoms with Gasteiger partial charge in [-0.15, -0.1) is 0 Å². The highest BCUT2D eigenvalue weighted by atomic mass is 19.4. The molecule has 1 heterocycles. The van der Waals surface area contributed by atoms with Gasteiger partial charge in [-0.3, -0.25) is 9.59 Å². The summed E-state index contributed by atoms with van der Waals surface area (Å²) in [4.78, 5) is 25.2. The molecule has 5 nitrogen and oxygen atoms in total. The van der Waals surface area contributed by atoms with Crippen molar-refractivity contribution in [3.8, 4) is 5.75 Å². The average Bonchev–Trinajstić information content (AvgIpc) is 2.71. The van der Waals surface area contributed by atoms with Crippen molar-refractivity contribution in [2.45, 2.75) is 25.6 Å². The van der Waals surface area contributed by atoms with Gasteiger partial charge in [-0.2, -0.15) is 13.2 Å². The lowest BCUT2D eigenvalue weighted by Crippen LogP contribution is -2.44. The van der Waals surface area contributed by atoms with E-state index in [0.29, 0.717) is 12.0 Å². The summed E-state index contributed by atoms with van der Waals surface area (Å²) in [5, 5.41) is 0. The molecule has 3 rings (SSSR count). The lowest BCUT2D eigenvalue weighted by molar-refractivity contribution is -0.184. The Morgan fingerprint density at radius 3 is 2.47 bits per heavy atom.